The van der Waals surface area contributed by atoms with Gasteiger partial charge in [-0.2, -0.15) is 0 Å². The molecule has 1 fully saturated rings. The second kappa shape index (κ2) is 6.91. The third-order valence-corrected chi connectivity index (χ3v) is 5.81. The summed E-state index contributed by atoms with van der Waals surface area (Å²) in [6.45, 7) is 5.44. The van der Waals surface area contributed by atoms with Crippen LogP contribution in [0.25, 0.3) is 10.1 Å². The molecule has 0 saturated heterocycles. The van der Waals surface area contributed by atoms with Gasteiger partial charge in [-0.1, -0.05) is 31.5 Å². The Morgan fingerprint density at radius 1 is 1.29 bits per heavy atom. The van der Waals surface area contributed by atoms with E-state index in [1.807, 2.05) is 11.3 Å². The Bertz CT molecular complexity index is 586. The number of benzene rings is 1. The second-order valence-electron chi connectivity index (χ2n) is 6.18. The van der Waals surface area contributed by atoms with Gasteiger partial charge in [0.1, 0.15) is 0 Å². The van der Waals surface area contributed by atoms with E-state index in [0.29, 0.717) is 0 Å². The Morgan fingerprint density at radius 3 is 2.81 bits per heavy atom. The van der Waals surface area contributed by atoms with E-state index in [-0.39, 0.29) is 0 Å². The maximum atomic E-state index is 3.58. The predicted molar refractivity (Wildman–Crippen MR) is 92.9 cm³/mol. The summed E-state index contributed by atoms with van der Waals surface area (Å²) in [4.78, 5) is 4.08. The highest BCUT2D eigenvalue weighted by molar-refractivity contribution is 7.19. The van der Waals surface area contributed by atoms with Crippen LogP contribution in [0.4, 0.5) is 0 Å². The van der Waals surface area contributed by atoms with Crippen molar-refractivity contribution >= 4 is 21.4 Å². The van der Waals surface area contributed by atoms with Crippen molar-refractivity contribution in [2.75, 3.05) is 13.6 Å². The first-order valence-corrected chi connectivity index (χ1v) is 9.01. The van der Waals surface area contributed by atoms with E-state index in [4.69, 9.17) is 0 Å². The van der Waals surface area contributed by atoms with Crippen LogP contribution >= 0.6 is 11.3 Å². The number of fused-ring (bicyclic) bond motifs is 1. The molecular formula is C18H26N2S. The minimum atomic E-state index is 0.806. The predicted octanol–water partition coefficient (Wildman–Crippen LogP) is 4.39. The van der Waals surface area contributed by atoms with Crippen molar-refractivity contribution in [3.05, 3.63) is 34.7 Å². The quantitative estimate of drug-likeness (QED) is 0.763. The Morgan fingerprint density at radius 2 is 2.10 bits per heavy atom. The van der Waals surface area contributed by atoms with E-state index in [1.165, 1.54) is 40.6 Å². The van der Waals surface area contributed by atoms with Crippen molar-refractivity contribution in [3.63, 3.8) is 0 Å². The first-order valence-electron chi connectivity index (χ1n) is 8.20. The van der Waals surface area contributed by atoms with Crippen molar-refractivity contribution < 1.29 is 0 Å². The number of nitrogens with one attached hydrogen (secondary N) is 1. The van der Waals surface area contributed by atoms with Gasteiger partial charge in [-0.25, -0.2) is 0 Å². The molecule has 1 heterocycles. The van der Waals surface area contributed by atoms with E-state index in [1.54, 1.807) is 5.56 Å². The molecule has 2 nitrogen and oxygen atoms in total. The molecule has 1 aliphatic carbocycles. The number of rotatable bonds is 7. The van der Waals surface area contributed by atoms with Gasteiger partial charge in [0.05, 0.1) is 0 Å². The maximum absolute atomic E-state index is 3.58. The largest absolute Gasteiger partial charge is 0.312 e. The first kappa shape index (κ1) is 15.0. The molecule has 0 spiro atoms. The van der Waals surface area contributed by atoms with Gasteiger partial charge < -0.3 is 5.32 Å². The lowest BCUT2D eigenvalue weighted by Crippen LogP contribution is -2.36. The number of nitrogens with zero attached hydrogens (tertiary/aromatic N) is 1. The Hall–Kier alpha value is -0.900. The highest BCUT2D eigenvalue weighted by Gasteiger charge is 2.23. The van der Waals surface area contributed by atoms with Crippen molar-refractivity contribution in [1.82, 2.24) is 10.2 Å². The normalized spacial score (nSPS) is 15.8. The van der Waals surface area contributed by atoms with Crippen LogP contribution in [-0.2, 0) is 13.1 Å². The highest BCUT2D eigenvalue weighted by Crippen LogP contribution is 2.34. The fourth-order valence-electron chi connectivity index (χ4n) is 3.05. The Kier molecular flexibility index (Phi) is 4.94. The molecule has 1 aromatic heterocycles. The monoisotopic (exact) mass is 302 g/mol. The molecule has 21 heavy (non-hydrogen) atoms. The highest BCUT2D eigenvalue weighted by atomic mass is 32.1. The Labute approximate surface area is 132 Å². The molecule has 3 heteroatoms. The van der Waals surface area contributed by atoms with Crippen LogP contribution in [-0.4, -0.2) is 24.5 Å². The molecule has 1 aliphatic rings. The average molecular weight is 302 g/mol. The molecule has 1 N–H and O–H groups in total. The van der Waals surface area contributed by atoms with E-state index < -0.39 is 0 Å². The van der Waals surface area contributed by atoms with Gasteiger partial charge in [0.15, 0.2) is 0 Å². The summed E-state index contributed by atoms with van der Waals surface area (Å²) < 4.78 is 1.43. The van der Waals surface area contributed by atoms with Crippen LogP contribution < -0.4 is 5.32 Å². The smallest absolute Gasteiger partial charge is 0.0349 e. The maximum Gasteiger partial charge on any atom is 0.0349 e. The first-order chi connectivity index (χ1) is 10.3. The zero-order chi connectivity index (χ0) is 14.7. The molecule has 0 bridgehead atoms. The van der Waals surface area contributed by atoms with Crippen molar-refractivity contribution in [1.29, 1.82) is 0 Å². The van der Waals surface area contributed by atoms with E-state index in [2.05, 4.69) is 48.5 Å². The molecular weight excluding hydrogens is 276 g/mol. The molecule has 114 valence electrons. The summed E-state index contributed by atoms with van der Waals surface area (Å²) >= 11 is 1.96. The molecule has 2 aromatic rings. The fraction of sp³-hybridized carbons (Fsp3) is 0.556. The summed E-state index contributed by atoms with van der Waals surface area (Å²) in [5.41, 5.74) is 1.55. The lowest BCUT2D eigenvalue weighted by atomic mass is 9.91. The Balaban J connectivity index is 1.83. The van der Waals surface area contributed by atoms with Gasteiger partial charge in [-0.15, -0.1) is 11.3 Å². The lowest BCUT2D eigenvalue weighted by Gasteiger charge is -2.35. The SMILES string of the molecule is CCCNCc1sc2ccccc2c1CN(C)C1CCC1. The minimum absolute atomic E-state index is 0.806. The van der Waals surface area contributed by atoms with Gasteiger partial charge in [0.2, 0.25) is 0 Å². The molecule has 0 unspecified atom stereocenters. The van der Waals surface area contributed by atoms with Crippen LogP contribution in [0.2, 0.25) is 0 Å². The standard InChI is InChI=1S/C18H26N2S/c1-3-11-19-12-18-16(13-20(2)14-7-6-8-14)15-9-4-5-10-17(15)21-18/h4-5,9-10,14,19H,3,6-8,11-13H2,1-2H3. The third kappa shape index (κ3) is 3.31. The number of thiophene rings is 1. The van der Waals surface area contributed by atoms with Crippen LogP contribution in [0.5, 0.6) is 0 Å². The van der Waals surface area contributed by atoms with E-state index in [0.717, 1.165) is 25.7 Å². The van der Waals surface area contributed by atoms with Gasteiger partial charge >= 0.3 is 0 Å². The minimum Gasteiger partial charge on any atom is -0.312 e. The summed E-state index contributed by atoms with van der Waals surface area (Å²) in [6, 6.07) is 9.68. The summed E-state index contributed by atoms with van der Waals surface area (Å²) in [7, 11) is 2.29. The summed E-state index contributed by atoms with van der Waals surface area (Å²) in [5.74, 6) is 0. The zero-order valence-electron chi connectivity index (χ0n) is 13.2. The molecule has 0 amide bonds. The summed E-state index contributed by atoms with van der Waals surface area (Å²) in [5, 5.41) is 5.04. The topological polar surface area (TPSA) is 15.3 Å². The average Bonchev–Trinajstić information content (AvgIpc) is 2.76. The molecule has 1 saturated carbocycles. The van der Waals surface area contributed by atoms with Gasteiger partial charge in [-0.05, 0) is 49.9 Å². The molecule has 0 aliphatic heterocycles. The van der Waals surface area contributed by atoms with Gasteiger partial charge in [0.25, 0.3) is 0 Å². The zero-order valence-corrected chi connectivity index (χ0v) is 14.0. The molecule has 3 rings (SSSR count). The second-order valence-corrected chi connectivity index (χ2v) is 7.31. The molecule has 1 aromatic carbocycles. The third-order valence-electron chi connectivity index (χ3n) is 4.60. The van der Waals surface area contributed by atoms with Crippen molar-refractivity contribution in [2.24, 2.45) is 0 Å². The fourth-order valence-corrected chi connectivity index (χ4v) is 4.24. The number of hydrogen-bond acceptors (Lipinski definition) is 3. The molecule has 0 atom stereocenters. The van der Waals surface area contributed by atoms with Crippen LogP contribution in [0.15, 0.2) is 24.3 Å². The van der Waals surface area contributed by atoms with Crippen molar-refractivity contribution in [3.8, 4) is 0 Å². The van der Waals surface area contributed by atoms with E-state index >= 15 is 0 Å². The molecule has 0 radical (unpaired) electrons. The lowest BCUT2D eigenvalue weighted by molar-refractivity contribution is 0.153. The number of hydrogen-bond donors (Lipinski definition) is 1. The van der Waals surface area contributed by atoms with E-state index in [9.17, 15) is 0 Å². The van der Waals surface area contributed by atoms with Crippen LogP contribution in [0.3, 0.4) is 0 Å². The van der Waals surface area contributed by atoms with Crippen molar-refractivity contribution in [2.45, 2.75) is 51.7 Å². The summed E-state index contributed by atoms with van der Waals surface area (Å²) in [6.07, 6.45) is 5.36. The van der Waals surface area contributed by atoms with Crippen LogP contribution in [0, 0.1) is 0 Å². The van der Waals surface area contributed by atoms with Gasteiger partial charge in [-0.3, -0.25) is 4.90 Å². The van der Waals surface area contributed by atoms with Gasteiger partial charge in [0, 0.05) is 28.7 Å². The van der Waals surface area contributed by atoms with Crippen LogP contribution in [0.1, 0.15) is 43.0 Å².